The van der Waals surface area contributed by atoms with E-state index in [0.29, 0.717) is 0 Å². The zero-order valence-electron chi connectivity index (χ0n) is 8.59. The van der Waals surface area contributed by atoms with Gasteiger partial charge in [0.15, 0.2) is 17.3 Å². The van der Waals surface area contributed by atoms with Gasteiger partial charge in [0.05, 0.1) is 19.8 Å². The van der Waals surface area contributed by atoms with Gasteiger partial charge >= 0.3 is 6.43 Å². The second-order valence-electron chi connectivity index (χ2n) is 2.83. The highest BCUT2D eigenvalue weighted by Crippen LogP contribution is 2.32. The van der Waals surface area contributed by atoms with Crippen LogP contribution in [0.1, 0.15) is 10.4 Å². The summed E-state index contributed by atoms with van der Waals surface area (Å²) < 4.78 is 47.2. The molecule has 88 valence electrons. The average molecular weight is 234 g/mol. The van der Waals surface area contributed by atoms with E-state index in [2.05, 4.69) is 4.74 Å². The molecule has 1 aromatic rings. The fraction of sp³-hybridized carbons (Fsp3) is 0.300. The summed E-state index contributed by atoms with van der Waals surface area (Å²) in [4.78, 5) is 10.9. The number of halogens is 3. The number of ketones is 1. The molecule has 0 radical (unpaired) electrons. The predicted octanol–water partition coefficient (Wildman–Crippen LogP) is 2.29. The molecule has 0 unspecified atom stereocenters. The number of benzene rings is 1. The first kappa shape index (κ1) is 12.4. The van der Waals surface area contributed by atoms with Crippen molar-refractivity contribution >= 4 is 5.78 Å². The number of rotatable bonds is 4. The number of ether oxygens (including phenoxy) is 2. The average Bonchev–Trinajstić information content (AvgIpc) is 2.27. The zero-order chi connectivity index (χ0) is 12.3. The molecule has 6 heteroatoms. The zero-order valence-corrected chi connectivity index (χ0v) is 8.59. The molecule has 0 saturated carbocycles. The maximum absolute atomic E-state index is 13.6. The minimum Gasteiger partial charge on any atom is -0.493 e. The fourth-order valence-corrected chi connectivity index (χ4v) is 1.20. The SMILES string of the molecule is COc1ccc(C(=O)C(F)F)c(F)c1OC. The first-order valence-electron chi connectivity index (χ1n) is 4.25. The molecule has 0 heterocycles. The van der Waals surface area contributed by atoms with Crippen molar-refractivity contribution in [1.82, 2.24) is 0 Å². The topological polar surface area (TPSA) is 35.5 Å². The third kappa shape index (κ3) is 2.10. The van der Waals surface area contributed by atoms with Gasteiger partial charge in [-0.2, -0.15) is 0 Å². The largest absolute Gasteiger partial charge is 0.493 e. The van der Waals surface area contributed by atoms with Gasteiger partial charge in [0.25, 0.3) is 0 Å². The van der Waals surface area contributed by atoms with Crippen LogP contribution >= 0.6 is 0 Å². The number of carbonyl (C=O) groups is 1. The molecule has 0 fully saturated rings. The van der Waals surface area contributed by atoms with Gasteiger partial charge in [-0.1, -0.05) is 0 Å². The molecule has 0 saturated heterocycles. The summed E-state index contributed by atoms with van der Waals surface area (Å²) in [5.74, 6) is -3.06. The molecule has 0 bridgehead atoms. The van der Waals surface area contributed by atoms with Crippen LogP contribution in [0.25, 0.3) is 0 Å². The van der Waals surface area contributed by atoms with Crippen molar-refractivity contribution < 1.29 is 27.4 Å². The van der Waals surface area contributed by atoms with Gasteiger partial charge < -0.3 is 9.47 Å². The van der Waals surface area contributed by atoms with Crippen molar-refractivity contribution in [3.8, 4) is 11.5 Å². The number of hydrogen-bond acceptors (Lipinski definition) is 3. The molecule has 0 N–H and O–H groups in total. The van der Waals surface area contributed by atoms with Crippen molar-refractivity contribution in [2.45, 2.75) is 6.43 Å². The van der Waals surface area contributed by atoms with Crippen LogP contribution < -0.4 is 9.47 Å². The van der Waals surface area contributed by atoms with Gasteiger partial charge in [0.2, 0.25) is 5.78 Å². The van der Waals surface area contributed by atoms with Gasteiger partial charge in [-0.25, -0.2) is 13.2 Å². The molecule has 0 atom stereocenters. The van der Waals surface area contributed by atoms with E-state index >= 15 is 0 Å². The van der Waals surface area contributed by atoms with E-state index in [9.17, 15) is 18.0 Å². The molecule has 1 rings (SSSR count). The summed E-state index contributed by atoms with van der Waals surface area (Å²) in [6.45, 7) is 0. The van der Waals surface area contributed by atoms with Crippen molar-refractivity contribution in [3.05, 3.63) is 23.5 Å². The predicted molar refractivity (Wildman–Crippen MR) is 49.8 cm³/mol. The Hall–Kier alpha value is -1.72. The second kappa shape index (κ2) is 4.87. The van der Waals surface area contributed by atoms with Crippen molar-refractivity contribution in [1.29, 1.82) is 0 Å². The second-order valence-corrected chi connectivity index (χ2v) is 2.83. The number of Topliss-reactive ketones (excluding diaryl/α,β-unsaturated/α-hetero) is 1. The number of alkyl halides is 2. The first-order chi connectivity index (χ1) is 7.52. The minimum absolute atomic E-state index is 0.0332. The van der Waals surface area contributed by atoms with E-state index in [-0.39, 0.29) is 11.5 Å². The molecule has 3 nitrogen and oxygen atoms in total. The summed E-state index contributed by atoms with van der Waals surface area (Å²) in [6, 6.07) is 2.13. The molecular formula is C10H9F3O3. The van der Waals surface area contributed by atoms with Gasteiger partial charge in [0.1, 0.15) is 0 Å². The highest BCUT2D eigenvalue weighted by molar-refractivity contribution is 5.99. The van der Waals surface area contributed by atoms with E-state index in [4.69, 9.17) is 4.74 Å². The maximum atomic E-state index is 13.6. The number of hydrogen-bond donors (Lipinski definition) is 0. The van der Waals surface area contributed by atoms with Gasteiger partial charge in [-0.05, 0) is 12.1 Å². The molecule has 1 aromatic carbocycles. The van der Waals surface area contributed by atoms with E-state index in [1.165, 1.54) is 13.2 Å². The van der Waals surface area contributed by atoms with Crippen LogP contribution in [0.3, 0.4) is 0 Å². The normalized spacial score (nSPS) is 10.4. The van der Waals surface area contributed by atoms with Crippen LogP contribution in [0.15, 0.2) is 12.1 Å². The molecule has 0 aliphatic heterocycles. The van der Waals surface area contributed by atoms with Crippen molar-refractivity contribution in [2.75, 3.05) is 14.2 Å². The van der Waals surface area contributed by atoms with Crippen LogP contribution in [-0.4, -0.2) is 26.4 Å². The van der Waals surface area contributed by atoms with E-state index < -0.39 is 23.6 Å². The monoisotopic (exact) mass is 234 g/mol. The van der Waals surface area contributed by atoms with Crippen LogP contribution in [-0.2, 0) is 0 Å². The van der Waals surface area contributed by atoms with Gasteiger partial charge in [-0.15, -0.1) is 0 Å². The summed E-state index contributed by atoms with van der Waals surface area (Å²) in [6.07, 6.45) is -3.26. The minimum atomic E-state index is -3.26. The Morgan fingerprint density at radius 3 is 2.31 bits per heavy atom. The molecule has 16 heavy (non-hydrogen) atoms. The Bertz CT molecular complexity index is 405. The number of methoxy groups -OCH3 is 2. The van der Waals surface area contributed by atoms with Crippen molar-refractivity contribution in [3.63, 3.8) is 0 Å². The summed E-state index contributed by atoms with van der Waals surface area (Å²) >= 11 is 0. The van der Waals surface area contributed by atoms with E-state index in [1.54, 1.807) is 0 Å². The van der Waals surface area contributed by atoms with Crippen LogP contribution in [0, 0.1) is 5.82 Å². The third-order valence-corrected chi connectivity index (χ3v) is 1.95. The van der Waals surface area contributed by atoms with E-state index in [0.717, 1.165) is 13.2 Å². The summed E-state index contributed by atoms with van der Waals surface area (Å²) in [5, 5.41) is 0. The Balaban J connectivity index is 3.29. The quantitative estimate of drug-likeness (QED) is 0.750. The highest BCUT2D eigenvalue weighted by atomic mass is 19.3. The Morgan fingerprint density at radius 2 is 1.88 bits per heavy atom. The molecule has 0 amide bonds. The molecule has 0 aromatic heterocycles. The van der Waals surface area contributed by atoms with Crippen LogP contribution in [0.2, 0.25) is 0 Å². The fourth-order valence-electron chi connectivity index (χ4n) is 1.20. The molecule has 0 spiro atoms. The standard InChI is InChI=1S/C10H9F3O3/c1-15-6-4-3-5(8(14)10(12)13)7(11)9(6)16-2/h3-4,10H,1-2H3. The highest BCUT2D eigenvalue weighted by Gasteiger charge is 2.25. The Morgan fingerprint density at radius 1 is 1.25 bits per heavy atom. The smallest absolute Gasteiger partial charge is 0.300 e. The number of carbonyl (C=O) groups excluding carboxylic acids is 1. The molecule has 0 aliphatic carbocycles. The maximum Gasteiger partial charge on any atom is 0.300 e. The molecule has 0 aliphatic rings. The lowest BCUT2D eigenvalue weighted by Crippen LogP contribution is -2.13. The lowest BCUT2D eigenvalue weighted by Gasteiger charge is -2.10. The molecular weight excluding hydrogens is 225 g/mol. The van der Waals surface area contributed by atoms with Crippen LogP contribution in [0.4, 0.5) is 13.2 Å². The van der Waals surface area contributed by atoms with Gasteiger partial charge in [-0.3, -0.25) is 4.79 Å². The van der Waals surface area contributed by atoms with Gasteiger partial charge in [0, 0.05) is 0 Å². The Kier molecular flexibility index (Phi) is 3.76. The first-order valence-corrected chi connectivity index (χ1v) is 4.25. The van der Waals surface area contributed by atoms with Crippen LogP contribution in [0.5, 0.6) is 11.5 Å². The lowest BCUT2D eigenvalue weighted by atomic mass is 10.1. The third-order valence-electron chi connectivity index (χ3n) is 1.95. The summed E-state index contributed by atoms with van der Waals surface area (Å²) in [5.41, 5.74) is -0.715. The summed E-state index contributed by atoms with van der Waals surface area (Å²) in [7, 11) is 2.42. The van der Waals surface area contributed by atoms with E-state index in [1.807, 2.05) is 0 Å². The Labute approximate surface area is 89.8 Å². The lowest BCUT2D eigenvalue weighted by molar-refractivity contribution is 0.0673. The van der Waals surface area contributed by atoms with Crippen molar-refractivity contribution in [2.24, 2.45) is 0 Å².